The molecule has 0 radical (unpaired) electrons. The summed E-state index contributed by atoms with van der Waals surface area (Å²) in [5.74, 6) is 0. The fourth-order valence-corrected chi connectivity index (χ4v) is 4.27. The first-order valence-electron chi connectivity index (χ1n) is 9.60. The molecule has 5 heteroatoms. The van der Waals surface area contributed by atoms with Crippen LogP contribution < -0.4 is 0 Å². The molecule has 4 aromatic carbocycles. The molecule has 0 saturated carbocycles. The molecule has 0 saturated heterocycles. The molecule has 0 amide bonds. The highest BCUT2D eigenvalue weighted by Gasteiger charge is 2.18. The Labute approximate surface area is 177 Å². The van der Waals surface area contributed by atoms with Crippen LogP contribution in [0.2, 0.25) is 0 Å². The van der Waals surface area contributed by atoms with Crippen molar-refractivity contribution in [2.75, 3.05) is 0 Å². The summed E-state index contributed by atoms with van der Waals surface area (Å²) in [6.45, 7) is 0. The summed E-state index contributed by atoms with van der Waals surface area (Å²) in [5, 5.41) is 9.94. The van der Waals surface area contributed by atoms with Gasteiger partial charge in [0.1, 0.15) is 0 Å². The van der Waals surface area contributed by atoms with E-state index in [0.29, 0.717) is 6.16 Å². The number of rotatable bonds is 7. The first-order chi connectivity index (χ1) is 14.7. The average molecular weight is 413 g/mol. The maximum Gasteiger partial charge on any atom is 0.297 e. The Morgan fingerprint density at radius 2 is 1.17 bits per heavy atom. The average Bonchev–Trinajstić information content (AvgIpc) is 2.80. The Morgan fingerprint density at radius 1 is 0.667 bits per heavy atom. The molecule has 0 aromatic heterocycles. The molecular weight excluding hydrogens is 393 g/mol. The predicted molar refractivity (Wildman–Crippen MR) is 123 cm³/mol. The van der Waals surface area contributed by atoms with E-state index in [-0.39, 0.29) is 8.81 Å². The Balaban J connectivity index is 1.97. The lowest BCUT2D eigenvalue weighted by atomic mass is 9.85. The van der Waals surface area contributed by atoms with Gasteiger partial charge in [-0.25, -0.2) is 0 Å². The Kier molecular flexibility index (Phi) is 6.17. The normalized spacial score (nSPS) is 10.9. The van der Waals surface area contributed by atoms with E-state index in [2.05, 4.69) is 53.2 Å². The molecule has 30 heavy (non-hydrogen) atoms. The smallest absolute Gasteiger partial charge is 0.297 e. The lowest BCUT2D eigenvalue weighted by Crippen LogP contribution is -1.97. The van der Waals surface area contributed by atoms with Gasteiger partial charge >= 0.3 is 0 Å². The number of hydrogen-bond donors (Lipinski definition) is 0. The maximum absolute atomic E-state index is 10.7. The molecule has 0 aliphatic carbocycles. The van der Waals surface area contributed by atoms with Gasteiger partial charge in [0.2, 0.25) is 0 Å². The van der Waals surface area contributed by atoms with Gasteiger partial charge in [-0.1, -0.05) is 103 Å². The fraction of sp³-hybridized carbons (Fsp3) is 0.0400. The van der Waals surface area contributed by atoms with E-state index >= 15 is 0 Å². The van der Waals surface area contributed by atoms with Crippen LogP contribution in [0.5, 0.6) is 0 Å². The van der Waals surface area contributed by atoms with Crippen LogP contribution in [-0.4, -0.2) is 5.09 Å². The molecule has 0 heterocycles. The number of nitrogens with zero attached hydrogens (tertiary/aromatic N) is 1. The zero-order valence-electron chi connectivity index (χ0n) is 16.2. The highest BCUT2D eigenvalue weighted by Crippen LogP contribution is 2.43. The van der Waals surface area contributed by atoms with Crippen molar-refractivity contribution in [2.24, 2.45) is 0 Å². The van der Waals surface area contributed by atoms with Crippen molar-refractivity contribution in [2.45, 2.75) is 6.16 Å². The van der Waals surface area contributed by atoms with Crippen molar-refractivity contribution in [3.8, 4) is 33.4 Å². The molecule has 148 valence electrons. The predicted octanol–water partition coefficient (Wildman–Crippen LogP) is 6.99. The summed E-state index contributed by atoms with van der Waals surface area (Å²) in [6.07, 6.45) is 0.472. The highest BCUT2D eigenvalue weighted by molar-refractivity contribution is 7.31. The third-order valence-electron chi connectivity index (χ3n) is 4.90. The molecular formula is C25H20NO3P. The van der Waals surface area contributed by atoms with Gasteiger partial charge in [0.15, 0.2) is 0 Å². The molecule has 1 atom stereocenters. The highest BCUT2D eigenvalue weighted by atomic mass is 31.1. The molecule has 0 N–H and O–H groups in total. The Hall–Kier alpha value is -3.49. The summed E-state index contributed by atoms with van der Waals surface area (Å²) in [6, 6.07) is 34.9. The second-order valence-electron chi connectivity index (χ2n) is 6.76. The zero-order chi connectivity index (χ0) is 20.8. The van der Waals surface area contributed by atoms with Crippen LogP contribution in [0.25, 0.3) is 33.4 Å². The summed E-state index contributed by atoms with van der Waals surface area (Å²) in [4.78, 5) is 10.7. The second kappa shape index (κ2) is 9.34. The minimum absolute atomic E-state index is 0.250. The van der Waals surface area contributed by atoms with E-state index in [0.717, 1.165) is 38.9 Å². The van der Waals surface area contributed by atoms with Crippen molar-refractivity contribution >= 4 is 8.81 Å². The van der Waals surface area contributed by atoms with Crippen LogP contribution in [-0.2, 0) is 10.8 Å². The van der Waals surface area contributed by atoms with E-state index in [9.17, 15) is 10.1 Å². The van der Waals surface area contributed by atoms with Gasteiger partial charge in [0.25, 0.3) is 5.09 Å². The van der Waals surface area contributed by atoms with Gasteiger partial charge in [0.05, 0.1) is 8.81 Å². The number of benzene rings is 4. The summed E-state index contributed by atoms with van der Waals surface area (Å²) >= 11 is 0. The summed E-state index contributed by atoms with van der Waals surface area (Å²) in [5.41, 5.74) is 7.68. The van der Waals surface area contributed by atoms with Crippen molar-refractivity contribution in [3.05, 3.63) is 119 Å². The standard InChI is InChI=1S/C25H20NO3P/c27-26(28)29-30-18-22-16-17-23(19-10-4-1-5-11-19)25(21-14-8-3-9-15-21)24(22)20-12-6-2-7-13-20/h1-17,30H,18H2. The first-order valence-corrected chi connectivity index (χ1v) is 10.7. The third kappa shape index (κ3) is 4.40. The molecule has 0 spiro atoms. The van der Waals surface area contributed by atoms with Gasteiger partial charge in [0, 0.05) is 6.16 Å². The summed E-state index contributed by atoms with van der Waals surface area (Å²) in [7, 11) is -0.250. The summed E-state index contributed by atoms with van der Waals surface area (Å²) < 4.78 is 4.65. The molecule has 0 fully saturated rings. The first kappa shape index (κ1) is 19.8. The molecule has 1 unspecified atom stereocenters. The molecule has 4 rings (SSSR count). The van der Waals surface area contributed by atoms with Crippen LogP contribution in [0.1, 0.15) is 5.56 Å². The van der Waals surface area contributed by atoms with E-state index < -0.39 is 5.09 Å². The van der Waals surface area contributed by atoms with E-state index in [1.54, 1.807) is 0 Å². The molecule has 4 aromatic rings. The minimum atomic E-state index is -0.725. The van der Waals surface area contributed by atoms with Crippen LogP contribution in [0.3, 0.4) is 0 Å². The Bertz CT molecular complexity index is 1130. The van der Waals surface area contributed by atoms with Crippen LogP contribution in [0, 0.1) is 10.1 Å². The lowest BCUT2D eigenvalue weighted by Gasteiger charge is -2.20. The second-order valence-corrected chi connectivity index (χ2v) is 7.58. The van der Waals surface area contributed by atoms with Crippen molar-refractivity contribution < 1.29 is 9.71 Å². The molecule has 0 bridgehead atoms. The quantitative estimate of drug-likeness (QED) is 0.186. The van der Waals surface area contributed by atoms with Crippen LogP contribution >= 0.6 is 8.81 Å². The van der Waals surface area contributed by atoms with E-state index in [1.807, 2.05) is 54.6 Å². The lowest BCUT2D eigenvalue weighted by molar-refractivity contribution is -0.710. The van der Waals surface area contributed by atoms with E-state index in [1.165, 1.54) is 0 Å². The van der Waals surface area contributed by atoms with Crippen molar-refractivity contribution in [1.82, 2.24) is 0 Å². The molecule has 0 aliphatic rings. The van der Waals surface area contributed by atoms with Gasteiger partial charge in [-0.3, -0.25) is 4.62 Å². The monoisotopic (exact) mass is 413 g/mol. The molecule has 4 nitrogen and oxygen atoms in total. The van der Waals surface area contributed by atoms with Gasteiger partial charge < -0.3 is 0 Å². The van der Waals surface area contributed by atoms with Gasteiger partial charge in [-0.05, 0) is 38.9 Å². The topological polar surface area (TPSA) is 52.4 Å². The maximum atomic E-state index is 10.7. The van der Waals surface area contributed by atoms with Crippen molar-refractivity contribution in [1.29, 1.82) is 0 Å². The Morgan fingerprint density at radius 3 is 1.70 bits per heavy atom. The van der Waals surface area contributed by atoms with Crippen molar-refractivity contribution in [3.63, 3.8) is 0 Å². The molecule has 0 aliphatic heterocycles. The van der Waals surface area contributed by atoms with Crippen LogP contribution in [0.15, 0.2) is 103 Å². The fourth-order valence-electron chi connectivity index (χ4n) is 3.65. The minimum Gasteiger partial charge on any atom is -0.297 e. The largest absolute Gasteiger partial charge is 0.297 e. The van der Waals surface area contributed by atoms with Gasteiger partial charge in [-0.15, -0.1) is 10.1 Å². The van der Waals surface area contributed by atoms with E-state index in [4.69, 9.17) is 0 Å². The SMILES string of the molecule is O=[N+]([O-])OPCc1ccc(-c2ccccc2)c(-c2ccccc2)c1-c1ccccc1. The van der Waals surface area contributed by atoms with Crippen LogP contribution in [0.4, 0.5) is 0 Å². The zero-order valence-corrected chi connectivity index (χ0v) is 17.2. The number of hydrogen-bond acceptors (Lipinski definition) is 3. The van der Waals surface area contributed by atoms with Gasteiger partial charge in [-0.2, -0.15) is 0 Å². The third-order valence-corrected chi connectivity index (χ3v) is 5.71.